The van der Waals surface area contributed by atoms with Crippen LogP contribution in [0.1, 0.15) is 19.9 Å². The molecule has 0 spiro atoms. The number of carbonyl (C=O) groups excluding carboxylic acids is 1. The Labute approximate surface area is 190 Å². The molecule has 3 aromatic carbocycles. The number of hydrogen-bond donors (Lipinski definition) is 1. The van der Waals surface area contributed by atoms with Crippen molar-refractivity contribution in [3.63, 3.8) is 0 Å². The number of nitrogens with one attached hydrogen (secondary N) is 1. The van der Waals surface area contributed by atoms with E-state index in [1.165, 1.54) is 11.8 Å². The minimum absolute atomic E-state index is 0.135. The van der Waals surface area contributed by atoms with Crippen molar-refractivity contribution in [1.82, 2.24) is 9.55 Å². The zero-order valence-electron chi connectivity index (χ0n) is 18.2. The topological polar surface area (TPSA) is 73.2 Å². The number of carbonyl (C=O) groups is 1. The summed E-state index contributed by atoms with van der Waals surface area (Å²) in [4.78, 5) is 31.0. The first-order valence-electron chi connectivity index (χ1n) is 10.4. The molecule has 1 amide bonds. The lowest BCUT2D eigenvalue weighted by molar-refractivity contribution is -0.115. The number of nitrogens with zero attached hydrogens (tertiary/aromatic N) is 2. The van der Waals surface area contributed by atoms with Crippen LogP contribution in [0.25, 0.3) is 21.7 Å². The van der Waals surface area contributed by atoms with Crippen molar-refractivity contribution in [3.8, 4) is 0 Å². The first-order chi connectivity index (χ1) is 15.5. The molecule has 6 nitrogen and oxygen atoms in total. The molecule has 32 heavy (non-hydrogen) atoms. The highest BCUT2D eigenvalue weighted by molar-refractivity contribution is 8.00. The molecule has 4 aromatic rings. The molecular formula is C25H25N3O3S. The van der Waals surface area contributed by atoms with Gasteiger partial charge in [-0.2, -0.15) is 0 Å². The predicted molar refractivity (Wildman–Crippen MR) is 130 cm³/mol. The molecule has 0 aliphatic carbocycles. The SMILES string of the molecule is COCC(C)n1c(SC(C)C(=O)Nc2cccc3ccccc23)nc2ccccc2c1=O. The molecule has 4 rings (SSSR count). The van der Waals surface area contributed by atoms with Crippen LogP contribution in [-0.2, 0) is 9.53 Å². The van der Waals surface area contributed by atoms with Gasteiger partial charge < -0.3 is 10.1 Å². The Hall–Kier alpha value is -3.16. The number of benzene rings is 3. The second kappa shape index (κ2) is 9.54. The number of rotatable bonds is 7. The lowest BCUT2D eigenvalue weighted by atomic mass is 10.1. The highest BCUT2D eigenvalue weighted by atomic mass is 32.2. The Balaban J connectivity index is 1.65. The fraction of sp³-hybridized carbons (Fsp3) is 0.240. The van der Waals surface area contributed by atoms with Crippen molar-refractivity contribution < 1.29 is 9.53 Å². The molecule has 7 heteroatoms. The number of thioether (sulfide) groups is 1. The summed E-state index contributed by atoms with van der Waals surface area (Å²) in [6, 6.07) is 20.8. The molecule has 1 heterocycles. The van der Waals surface area contributed by atoms with E-state index in [9.17, 15) is 9.59 Å². The van der Waals surface area contributed by atoms with Gasteiger partial charge in [0.25, 0.3) is 5.56 Å². The van der Waals surface area contributed by atoms with Gasteiger partial charge >= 0.3 is 0 Å². The summed E-state index contributed by atoms with van der Waals surface area (Å²) >= 11 is 1.27. The van der Waals surface area contributed by atoms with Crippen LogP contribution >= 0.6 is 11.8 Å². The van der Waals surface area contributed by atoms with E-state index in [1.807, 2.05) is 74.5 Å². The Bertz CT molecular complexity index is 1330. The summed E-state index contributed by atoms with van der Waals surface area (Å²) < 4.78 is 6.90. The molecular weight excluding hydrogens is 422 g/mol. The van der Waals surface area contributed by atoms with Crippen molar-refractivity contribution >= 4 is 45.0 Å². The molecule has 0 fully saturated rings. The van der Waals surface area contributed by atoms with E-state index in [0.29, 0.717) is 22.7 Å². The van der Waals surface area contributed by atoms with Crippen LogP contribution in [0.4, 0.5) is 5.69 Å². The van der Waals surface area contributed by atoms with Gasteiger partial charge in [0.2, 0.25) is 5.91 Å². The molecule has 1 aromatic heterocycles. The minimum atomic E-state index is -0.469. The molecule has 0 saturated heterocycles. The van der Waals surface area contributed by atoms with Crippen LogP contribution in [0, 0.1) is 0 Å². The highest BCUT2D eigenvalue weighted by Gasteiger charge is 2.22. The standard InChI is InChI=1S/C25H25N3O3S/c1-16(15-31-3)28-24(30)20-12-6-7-13-22(20)27-25(28)32-17(2)23(29)26-21-14-8-10-18-9-4-5-11-19(18)21/h4-14,16-17H,15H2,1-3H3,(H,26,29). The van der Waals surface area contributed by atoms with E-state index < -0.39 is 5.25 Å². The highest BCUT2D eigenvalue weighted by Crippen LogP contribution is 2.28. The van der Waals surface area contributed by atoms with Crippen molar-refractivity contribution in [2.45, 2.75) is 30.3 Å². The second-order valence-corrected chi connectivity index (χ2v) is 8.98. The molecule has 0 radical (unpaired) electrons. The number of fused-ring (bicyclic) bond motifs is 2. The number of para-hydroxylation sites is 1. The summed E-state index contributed by atoms with van der Waals surface area (Å²) in [5.41, 5.74) is 1.24. The van der Waals surface area contributed by atoms with E-state index in [-0.39, 0.29) is 17.5 Å². The predicted octanol–water partition coefficient (Wildman–Crippen LogP) is 4.88. The summed E-state index contributed by atoms with van der Waals surface area (Å²) in [5, 5.41) is 5.65. The molecule has 2 atom stereocenters. The Morgan fingerprint density at radius 2 is 1.72 bits per heavy atom. The van der Waals surface area contributed by atoms with Crippen LogP contribution in [0.3, 0.4) is 0 Å². The van der Waals surface area contributed by atoms with Gasteiger partial charge in [0, 0.05) is 18.2 Å². The zero-order chi connectivity index (χ0) is 22.7. The summed E-state index contributed by atoms with van der Waals surface area (Å²) in [6.45, 7) is 4.09. The normalized spacial score (nSPS) is 13.2. The van der Waals surface area contributed by atoms with Crippen LogP contribution in [0.5, 0.6) is 0 Å². The third-order valence-electron chi connectivity index (χ3n) is 5.32. The third kappa shape index (κ3) is 4.40. The number of aromatic nitrogens is 2. The molecule has 0 bridgehead atoms. The molecule has 2 unspecified atom stereocenters. The van der Waals surface area contributed by atoms with Gasteiger partial charge in [0.1, 0.15) is 0 Å². The number of hydrogen-bond acceptors (Lipinski definition) is 5. The monoisotopic (exact) mass is 447 g/mol. The van der Waals surface area contributed by atoms with E-state index in [1.54, 1.807) is 17.7 Å². The number of ether oxygens (including phenoxy) is 1. The van der Waals surface area contributed by atoms with Crippen molar-refractivity contribution in [2.24, 2.45) is 0 Å². The van der Waals surface area contributed by atoms with Crippen molar-refractivity contribution in [2.75, 3.05) is 19.0 Å². The fourth-order valence-electron chi connectivity index (χ4n) is 3.69. The molecule has 0 aliphatic heterocycles. The average molecular weight is 448 g/mol. The lowest BCUT2D eigenvalue weighted by Crippen LogP contribution is -2.30. The summed E-state index contributed by atoms with van der Waals surface area (Å²) in [5.74, 6) is -0.153. The molecule has 164 valence electrons. The quantitative estimate of drug-likeness (QED) is 0.323. The average Bonchev–Trinajstić information content (AvgIpc) is 2.79. The maximum absolute atomic E-state index is 13.2. The molecule has 0 aliphatic rings. The Morgan fingerprint density at radius 1 is 1.03 bits per heavy atom. The van der Waals surface area contributed by atoms with Gasteiger partial charge in [-0.25, -0.2) is 4.98 Å². The van der Waals surface area contributed by atoms with Gasteiger partial charge in [0.05, 0.1) is 28.8 Å². The fourth-order valence-corrected chi connectivity index (χ4v) is 4.70. The number of anilines is 1. The molecule has 1 N–H and O–H groups in total. The largest absolute Gasteiger partial charge is 0.383 e. The van der Waals surface area contributed by atoms with Crippen molar-refractivity contribution in [1.29, 1.82) is 0 Å². The lowest BCUT2D eigenvalue weighted by Gasteiger charge is -2.20. The maximum atomic E-state index is 13.2. The van der Waals surface area contributed by atoms with Crippen LogP contribution in [0.15, 0.2) is 76.7 Å². The minimum Gasteiger partial charge on any atom is -0.383 e. The van der Waals surface area contributed by atoms with E-state index in [2.05, 4.69) is 5.32 Å². The number of amides is 1. The summed E-state index contributed by atoms with van der Waals surface area (Å²) in [6.07, 6.45) is 0. The van der Waals surface area contributed by atoms with Gasteiger partial charge in [-0.3, -0.25) is 14.2 Å². The van der Waals surface area contributed by atoms with E-state index in [4.69, 9.17) is 9.72 Å². The van der Waals surface area contributed by atoms with Crippen LogP contribution in [0.2, 0.25) is 0 Å². The van der Waals surface area contributed by atoms with Crippen molar-refractivity contribution in [3.05, 3.63) is 77.1 Å². The van der Waals surface area contributed by atoms with E-state index in [0.717, 1.165) is 16.5 Å². The Kier molecular flexibility index (Phi) is 6.58. The van der Waals surface area contributed by atoms with Gasteiger partial charge in [0.15, 0.2) is 5.16 Å². The number of methoxy groups -OCH3 is 1. The first-order valence-corrected chi connectivity index (χ1v) is 11.3. The third-order valence-corrected chi connectivity index (χ3v) is 6.39. The maximum Gasteiger partial charge on any atom is 0.262 e. The van der Waals surface area contributed by atoms with Gasteiger partial charge in [-0.05, 0) is 37.4 Å². The zero-order valence-corrected chi connectivity index (χ0v) is 19.1. The Morgan fingerprint density at radius 3 is 2.50 bits per heavy atom. The van der Waals surface area contributed by atoms with E-state index >= 15 is 0 Å². The molecule has 0 saturated carbocycles. The van der Waals surface area contributed by atoms with Crippen LogP contribution < -0.4 is 10.9 Å². The first kappa shape index (κ1) is 22.0. The van der Waals surface area contributed by atoms with Crippen LogP contribution in [-0.4, -0.2) is 34.4 Å². The second-order valence-electron chi connectivity index (χ2n) is 7.67. The van der Waals surface area contributed by atoms with Gasteiger partial charge in [-0.15, -0.1) is 0 Å². The summed E-state index contributed by atoms with van der Waals surface area (Å²) in [7, 11) is 1.60. The smallest absolute Gasteiger partial charge is 0.262 e. The van der Waals surface area contributed by atoms with Gasteiger partial charge in [-0.1, -0.05) is 60.3 Å².